The van der Waals surface area contributed by atoms with Crippen molar-refractivity contribution in [2.75, 3.05) is 5.73 Å². The quantitative estimate of drug-likeness (QED) is 0.732. The normalized spacial score (nSPS) is 10.4. The van der Waals surface area contributed by atoms with Crippen LogP contribution in [0, 0.1) is 0 Å². The number of nitrogens with two attached hydrogens (primary N) is 1. The number of nitrogen functional groups attached to an aromatic ring is 1. The zero-order chi connectivity index (χ0) is 9.97. The van der Waals surface area contributed by atoms with Gasteiger partial charge in [-0.3, -0.25) is 0 Å². The van der Waals surface area contributed by atoms with E-state index < -0.39 is 0 Å². The van der Waals surface area contributed by atoms with Crippen LogP contribution in [0.5, 0.6) is 0 Å². The van der Waals surface area contributed by atoms with Gasteiger partial charge in [0.1, 0.15) is 5.82 Å². The van der Waals surface area contributed by atoms with Crippen molar-refractivity contribution in [2.24, 2.45) is 0 Å². The average molecular weight is 187 g/mol. The van der Waals surface area contributed by atoms with Gasteiger partial charge < -0.3 is 10.3 Å². The van der Waals surface area contributed by atoms with E-state index >= 15 is 0 Å². The molecule has 1 aromatic heterocycles. The van der Waals surface area contributed by atoms with Gasteiger partial charge in [-0.05, 0) is 19.1 Å². The zero-order valence-electron chi connectivity index (χ0n) is 8.14. The molecule has 2 N–H and O–H groups in total. The van der Waals surface area contributed by atoms with Gasteiger partial charge in [0.05, 0.1) is 0 Å². The first-order chi connectivity index (χ1) is 6.83. The average Bonchev–Trinajstić information content (AvgIpc) is 2.66. The Bertz CT molecular complexity index is 432. The lowest BCUT2D eigenvalue weighted by Gasteiger charge is -2.06. The summed E-state index contributed by atoms with van der Waals surface area (Å²) in [4.78, 5) is 4.30. The lowest BCUT2D eigenvalue weighted by molar-refractivity contribution is 0.771. The van der Waals surface area contributed by atoms with Crippen LogP contribution in [0.15, 0.2) is 36.7 Å². The van der Waals surface area contributed by atoms with Crippen LogP contribution in [0.1, 0.15) is 6.92 Å². The maximum atomic E-state index is 5.88. The van der Waals surface area contributed by atoms with E-state index in [1.165, 1.54) is 0 Å². The fraction of sp³-hybridized carbons (Fsp3) is 0.182. The monoisotopic (exact) mass is 187 g/mol. The second-order valence-corrected chi connectivity index (χ2v) is 3.12. The Kier molecular flexibility index (Phi) is 2.23. The van der Waals surface area contributed by atoms with E-state index in [0.717, 1.165) is 23.6 Å². The number of hydrogen-bond acceptors (Lipinski definition) is 2. The summed E-state index contributed by atoms with van der Waals surface area (Å²) in [6.45, 7) is 2.99. The molecule has 0 saturated carbocycles. The molecule has 3 heteroatoms. The number of imidazole rings is 1. The Morgan fingerprint density at radius 3 is 2.86 bits per heavy atom. The number of hydrogen-bond donors (Lipinski definition) is 1. The fourth-order valence-electron chi connectivity index (χ4n) is 1.51. The lowest BCUT2D eigenvalue weighted by atomic mass is 10.1. The first kappa shape index (κ1) is 8.81. The Morgan fingerprint density at radius 2 is 2.14 bits per heavy atom. The van der Waals surface area contributed by atoms with Crippen LogP contribution >= 0.6 is 0 Å². The van der Waals surface area contributed by atoms with Gasteiger partial charge >= 0.3 is 0 Å². The molecule has 3 nitrogen and oxygen atoms in total. The highest BCUT2D eigenvalue weighted by atomic mass is 15.1. The number of anilines is 1. The van der Waals surface area contributed by atoms with Gasteiger partial charge in [0.15, 0.2) is 0 Å². The molecule has 14 heavy (non-hydrogen) atoms. The van der Waals surface area contributed by atoms with Gasteiger partial charge in [-0.25, -0.2) is 4.98 Å². The molecule has 0 amide bonds. The van der Waals surface area contributed by atoms with Crippen LogP contribution in [-0.2, 0) is 6.54 Å². The maximum Gasteiger partial charge on any atom is 0.141 e. The van der Waals surface area contributed by atoms with Crippen molar-refractivity contribution in [1.29, 1.82) is 0 Å². The van der Waals surface area contributed by atoms with Crippen molar-refractivity contribution >= 4 is 5.69 Å². The molecule has 0 unspecified atom stereocenters. The van der Waals surface area contributed by atoms with E-state index in [0.29, 0.717) is 0 Å². The summed E-state index contributed by atoms with van der Waals surface area (Å²) in [5.41, 5.74) is 7.65. The van der Waals surface area contributed by atoms with E-state index in [2.05, 4.69) is 16.5 Å². The van der Waals surface area contributed by atoms with Gasteiger partial charge in [-0.2, -0.15) is 0 Å². The topological polar surface area (TPSA) is 43.8 Å². The van der Waals surface area contributed by atoms with Crippen molar-refractivity contribution < 1.29 is 0 Å². The smallest absolute Gasteiger partial charge is 0.141 e. The minimum atomic E-state index is 0.772. The van der Waals surface area contributed by atoms with Crippen LogP contribution in [-0.4, -0.2) is 9.55 Å². The van der Waals surface area contributed by atoms with Crippen molar-refractivity contribution in [1.82, 2.24) is 9.55 Å². The summed E-state index contributed by atoms with van der Waals surface area (Å²) in [7, 11) is 0. The molecule has 1 aromatic carbocycles. The third-order valence-electron chi connectivity index (χ3n) is 2.26. The Hall–Kier alpha value is -1.77. The molecule has 72 valence electrons. The first-order valence-electron chi connectivity index (χ1n) is 4.69. The highest BCUT2D eigenvalue weighted by molar-refractivity contribution is 5.71. The van der Waals surface area contributed by atoms with Gasteiger partial charge in [-0.1, -0.05) is 12.1 Å². The molecule has 0 spiro atoms. The molecule has 0 aliphatic rings. The van der Waals surface area contributed by atoms with E-state index in [4.69, 9.17) is 5.73 Å². The predicted molar refractivity (Wildman–Crippen MR) is 57.7 cm³/mol. The lowest BCUT2D eigenvalue weighted by Crippen LogP contribution is -1.98. The highest BCUT2D eigenvalue weighted by Crippen LogP contribution is 2.23. The van der Waals surface area contributed by atoms with Gasteiger partial charge in [-0.15, -0.1) is 0 Å². The maximum absolute atomic E-state index is 5.88. The van der Waals surface area contributed by atoms with Crippen LogP contribution in [0.2, 0.25) is 0 Å². The van der Waals surface area contributed by atoms with E-state index in [9.17, 15) is 0 Å². The zero-order valence-corrected chi connectivity index (χ0v) is 8.14. The molecule has 0 radical (unpaired) electrons. The summed E-state index contributed by atoms with van der Waals surface area (Å²) in [6, 6.07) is 7.78. The van der Waals surface area contributed by atoms with Crippen molar-refractivity contribution in [3.63, 3.8) is 0 Å². The number of aryl methyl sites for hydroxylation is 1. The molecule has 1 heterocycles. The van der Waals surface area contributed by atoms with Gasteiger partial charge in [0.2, 0.25) is 0 Å². The minimum absolute atomic E-state index is 0.772. The molecule has 0 aliphatic heterocycles. The first-order valence-corrected chi connectivity index (χ1v) is 4.69. The molecule has 2 aromatic rings. The SMILES string of the molecule is CCn1ccnc1-c1ccccc1N. The standard InChI is InChI=1S/C11H13N3/c1-2-14-8-7-13-11(14)9-5-3-4-6-10(9)12/h3-8H,2,12H2,1H3. The molecular weight excluding hydrogens is 174 g/mol. The summed E-state index contributed by atoms with van der Waals surface area (Å²) in [6.07, 6.45) is 3.76. The largest absolute Gasteiger partial charge is 0.398 e. The highest BCUT2D eigenvalue weighted by Gasteiger charge is 2.06. The van der Waals surface area contributed by atoms with E-state index in [-0.39, 0.29) is 0 Å². The van der Waals surface area contributed by atoms with Crippen molar-refractivity contribution in [3.8, 4) is 11.4 Å². The molecule has 0 saturated heterocycles. The number of rotatable bonds is 2. The molecular formula is C11H13N3. The molecule has 0 fully saturated rings. The Labute approximate surface area is 83.2 Å². The molecule has 0 bridgehead atoms. The predicted octanol–water partition coefficient (Wildman–Crippen LogP) is 2.15. The number of benzene rings is 1. The second-order valence-electron chi connectivity index (χ2n) is 3.12. The number of para-hydroxylation sites is 1. The fourth-order valence-corrected chi connectivity index (χ4v) is 1.51. The molecule has 0 aliphatic carbocycles. The van der Waals surface area contributed by atoms with Crippen molar-refractivity contribution in [2.45, 2.75) is 13.5 Å². The van der Waals surface area contributed by atoms with Gasteiger partial charge in [0.25, 0.3) is 0 Å². The van der Waals surface area contributed by atoms with Crippen LogP contribution in [0.3, 0.4) is 0 Å². The second kappa shape index (κ2) is 3.54. The van der Waals surface area contributed by atoms with Crippen LogP contribution in [0.25, 0.3) is 11.4 Å². The van der Waals surface area contributed by atoms with E-state index in [1.807, 2.05) is 30.5 Å². The third-order valence-corrected chi connectivity index (χ3v) is 2.26. The molecule has 0 atom stereocenters. The summed E-state index contributed by atoms with van der Waals surface area (Å²) in [5.74, 6) is 0.936. The minimum Gasteiger partial charge on any atom is -0.398 e. The summed E-state index contributed by atoms with van der Waals surface area (Å²) < 4.78 is 2.08. The Morgan fingerprint density at radius 1 is 1.36 bits per heavy atom. The summed E-state index contributed by atoms with van der Waals surface area (Å²) in [5, 5.41) is 0. The van der Waals surface area contributed by atoms with Crippen LogP contribution in [0.4, 0.5) is 5.69 Å². The van der Waals surface area contributed by atoms with Gasteiger partial charge in [0, 0.05) is 30.2 Å². The Balaban J connectivity index is 2.54. The summed E-state index contributed by atoms with van der Waals surface area (Å²) >= 11 is 0. The number of aromatic nitrogens is 2. The van der Waals surface area contributed by atoms with Crippen molar-refractivity contribution in [3.05, 3.63) is 36.7 Å². The van der Waals surface area contributed by atoms with E-state index in [1.54, 1.807) is 6.20 Å². The number of nitrogens with zero attached hydrogens (tertiary/aromatic N) is 2. The third kappa shape index (κ3) is 1.37. The molecule has 2 rings (SSSR count). The van der Waals surface area contributed by atoms with Crippen LogP contribution < -0.4 is 5.73 Å².